The van der Waals surface area contributed by atoms with Gasteiger partial charge in [0.1, 0.15) is 6.61 Å². The van der Waals surface area contributed by atoms with Crippen LogP contribution in [0.4, 0.5) is 5.69 Å². The zero-order valence-corrected chi connectivity index (χ0v) is 11.2. The normalized spacial score (nSPS) is 10.6. The molecule has 0 aromatic carbocycles. The van der Waals surface area contributed by atoms with Crippen molar-refractivity contribution >= 4 is 21.6 Å². The van der Waals surface area contributed by atoms with Crippen molar-refractivity contribution in [3.8, 4) is 5.88 Å². The van der Waals surface area contributed by atoms with E-state index in [1.165, 1.54) is 12.3 Å². The third kappa shape index (κ3) is 4.66. The molecule has 0 unspecified atom stereocenters. The molecule has 0 aliphatic rings. The molecule has 0 atom stereocenters. The summed E-state index contributed by atoms with van der Waals surface area (Å²) in [4.78, 5) is 14.1. The van der Waals surface area contributed by atoms with Gasteiger partial charge in [-0.1, -0.05) is 13.8 Å². The lowest BCUT2D eigenvalue weighted by Crippen LogP contribution is -2.27. The van der Waals surface area contributed by atoms with Crippen LogP contribution in [0.5, 0.6) is 5.88 Å². The lowest BCUT2D eigenvalue weighted by Gasteiger charge is -2.09. The van der Waals surface area contributed by atoms with Crippen LogP contribution in [-0.2, 0) is 0 Å². The summed E-state index contributed by atoms with van der Waals surface area (Å²) in [7, 11) is 0. The predicted octanol–water partition coefficient (Wildman–Crippen LogP) is 2.13. The first-order chi connectivity index (χ1) is 8.00. The van der Waals surface area contributed by atoms with Gasteiger partial charge in [0.2, 0.25) is 0 Å². The van der Waals surface area contributed by atoms with Gasteiger partial charge in [-0.2, -0.15) is 0 Å². The lowest BCUT2D eigenvalue weighted by atomic mass is 10.4. The maximum absolute atomic E-state index is 10.8. The third-order valence-electron chi connectivity index (χ3n) is 1.89. The number of hydrogen-bond donors (Lipinski definition) is 1. The number of pyridine rings is 1. The van der Waals surface area contributed by atoms with Crippen molar-refractivity contribution in [2.75, 3.05) is 13.2 Å². The maximum Gasteiger partial charge on any atom is 0.332 e. The summed E-state index contributed by atoms with van der Waals surface area (Å²) in [6.07, 6.45) is 1.47. The molecule has 1 rings (SSSR count). The minimum Gasteiger partial charge on any atom is -0.471 e. The second-order valence-corrected chi connectivity index (χ2v) is 4.61. The fourth-order valence-corrected chi connectivity index (χ4v) is 1.47. The summed E-state index contributed by atoms with van der Waals surface area (Å²) in [6, 6.07) is 1.73. The van der Waals surface area contributed by atoms with Gasteiger partial charge < -0.3 is 10.1 Å². The maximum atomic E-state index is 10.8. The van der Waals surface area contributed by atoms with Crippen LogP contribution in [0.1, 0.15) is 13.8 Å². The molecule has 0 bridgehead atoms. The molecular weight excluding hydrogens is 290 g/mol. The van der Waals surface area contributed by atoms with Crippen molar-refractivity contribution in [2.24, 2.45) is 0 Å². The van der Waals surface area contributed by atoms with Crippen LogP contribution in [0, 0.1) is 10.1 Å². The molecule has 0 saturated heterocycles. The minimum atomic E-state index is -0.511. The molecule has 7 heteroatoms. The lowest BCUT2D eigenvalue weighted by molar-refractivity contribution is -0.386. The molecule has 1 aromatic heterocycles. The first-order valence-corrected chi connectivity index (χ1v) is 5.96. The second kappa shape index (κ2) is 6.51. The van der Waals surface area contributed by atoms with Crippen LogP contribution in [-0.4, -0.2) is 29.1 Å². The highest BCUT2D eigenvalue weighted by atomic mass is 79.9. The van der Waals surface area contributed by atoms with Gasteiger partial charge >= 0.3 is 5.69 Å². The van der Waals surface area contributed by atoms with Crippen LogP contribution >= 0.6 is 15.9 Å². The van der Waals surface area contributed by atoms with E-state index in [1.54, 1.807) is 0 Å². The van der Waals surface area contributed by atoms with Gasteiger partial charge in [0.25, 0.3) is 5.88 Å². The van der Waals surface area contributed by atoms with E-state index in [1.807, 2.05) is 13.8 Å². The quantitative estimate of drug-likeness (QED) is 0.495. The molecule has 17 heavy (non-hydrogen) atoms. The van der Waals surface area contributed by atoms with Gasteiger partial charge in [-0.25, -0.2) is 4.98 Å². The predicted molar refractivity (Wildman–Crippen MR) is 67.2 cm³/mol. The van der Waals surface area contributed by atoms with Crippen LogP contribution in [0.25, 0.3) is 0 Å². The van der Waals surface area contributed by atoms with Gasteiger partial charge in [0, 0.05) is 29.3 Å². The van der Waals surface area contributed by atoms with Crippen LogP contribution in [0.2, 0.25) is 0 Å². The summed E-state index contributed by atoms with van der Waals surface area (Å²) in [6.45, 7) is 4.99. The summed E-state index contributed by atoms with van der Waals surface area (Å²) in [5.41, 5.74) is -0.135. The number of ether oxygens (including phenoxy) is 1. The number of halogens is 1. The van der Waals surface area contributed by atoms with E-state index < -0.39 is 4.92 Å². The van der Waals surface area contributed by atoms with E-state index in [-0.39, 0.29) is 11.6 Å². The topological polar surface area (TPSA) is 77.3 Å². The van der Waals surface area contributed by atoms with E-state index in [0.29, 0.717) is 23.7 Å². The van der Waals surface area contributed by atoms with Gasteiger partial charge in [-0.05, 0) is 15.9 Å². The summed E-state index contributed by atoms with van der Waals surface area (Å²) >= 11 is 3.13. The highest BCUT2D eigenvalue weighted by molar-refractivity contribution is 9.10. The molecular formula is C10H14BrN3O3. The van der Waals surface area contributed by atoms with Gasteiger partial charge in [-0.15, -0.1) is 0 Å². The Morgan fingerprint density at radius 3 is 2.94 bits per heavy atom. The van der Waals surface area contributed by atoms with Crippen molar-refractivity contribution in [3.05, 3.63) is 26.9 Å². The zero-order chi connectivity index (χ0) is 12.8. The van der Waals surface area contributed by atoms with Gasteiger partial charge in [0.05, 0.1) is 4.92 Å². The van der Waals surface area contributed by atoms with Crippen molar-refractivity contribution < 1.29 is 9.66 Å². The molecule has 0 aliphatic carbocycles. The molecule has 94 valence electrons. The Morgan fingerprint density at radius 2 is 2.35 bits per heavy atom. The Balaban J connectivity index is 2.61. The Hall–Kier alpha value is -1.21. The number of rotatable bonds is 6. The average Bonchev–Trinajstić information content (AvgIpc) is 2.25. The van der Waals surface area contributed by atoms with Crippen molar-refractivity contribution in [2.45, 2.75) is 19.9 Å². The highest BCUT2D eigenvalue weighted by Crippen LogP contribution is 2.26. The van der Waals surface area contributed by atoms with E-state index in [0.717, 1.165) is 0 Å². The number of nitrogens with one attached hydrogen (secondary N) is 1. The largest absolute Gasteiger partial charge is 0.471 e. The Bertz CT molecular complexity index is 398. The molecule has 0 aliphatic heterocycles. The molecule has 0 amide bonds. The first kappa shape index (κ1) is 13.9. The molecule has 6 nitrogen and oxygen atoms in total. The molecule has 1 aromatic rings. The van der Waals surface area contributed by atoms with E-state index >= 15 is 0 Å². The third-order valence-corrected chi connectivity index (χ3v) is 2.32. The van der Waals surface area contributed by atoms with Crippen molar-refractivity contribution in [1.29, 1.82) is 0 Å². The number of nitro groups is 1. The Kier molecular flexibility index (Phi) is 5.30. The number of nitrogens with zero attached hydrogens (tertiary/aromatic N) is 2. The molecule has 1 heterocycles. The molecule has 0 fully saturated rings. The Morgan fingerprint density at radius 1 is 1.65 bits per heavy atom. The fourth-order valence-electron chi connectivity index (χ4n) is 1.15. The van der Waals surface area contributed by atoms with E-state index in [9.17, 15) is 10.1 Å². The minimum absolute atomic E-state index is 0.0451. The molecule has 0 spiro atoms. The molecule has 0 saturated carbocycles. The van der Waals surface area contributed by atoms with Crippen LogP contribution in [0.15, 0.2) is 16.7 Å². The van der Waals surface area contributed by atoms with Crippen molar-refractivity contribution in [1.82, 2.24) is 10.3 Å². The van der Waals surface area contributed by atoms with Crippen LogP contribution in [0.3, 0.4) is 0 Å². The van der Waals surface area contributed by atoms with E-state index in [4.69, 9.17) is 4.74 Å². The van der Waals surface area contributed by atoms with Crippen LogP contribution < -0.4 is 10.1 Å². The summed E-state index contributed by atoms with van der Waals surface area (Å²) < 4.78 is 5.82. The standard InChI is InChI=1S/C10H14BrN3O3/c1-7(2)12-3-4-17-10-9(14(15)16)5-8(11)6-13-10/h5-7,12H,3-4H2,1-2H3. The zero-order valence-electron chi connectivity index (χ0n) is 9.64. The Labute approximate surface area is 108 Å². The van der Waals surface area contributed by atoms with Crippen molar-refractivity contribution in [3.63, 3.8) is 0 Å². The van der Waals surface area contributed by atoms with E-state index in [2.05, 4.69) is 26.2 Å². The second-order valence-electron chi connectivity index (χ2n) is 3.69. The smallest absolute Gasteiger partial charge is 0.332 e. The monoisotopic (exact) mass is 303 g/mol. The first-order valence-electron chi connectivity index (χ1n) is 5.17. The molecule has 0 radical (unpaired) electrons. The SMILES string of the molecule is CC(C)NCCOc1ncc(Br)cc1[N+](=O)[O-]. The fraction of sp³-hybridized carbons (Fsp3) is 0.500. The summed E-state index contributed by atoms with van der Waals surface area (Å²) in [5, 5.41) is 13.9. The number of hydrogen-bond acceptors (Lipinski definition) is 5. The highest BCUT2D eigenvalue weighted by Gasteiger charge is 2.17. The van der Waals surface area contributed by atoms with Gasteiger partial charge in [0.15, 0.2) is 0 Å². The molecule has 1 N–H and O–H groups in total. The summed E-state index contributed by atoms with van der Waals surface area (Å²) in [5.74, 6) is 0.0451. The average molecular weight is 304 g/mol. The van der Waals surface area contributed by atoms with Gasteiger partial charge in [-0.3, -0.25) is 10.1 Å². The number of aromatic nitrogens is 1.